The topological polar surface area (TPSA) is 26.3 Å². The molecule has 0 radical (unpaired) electrons. The molecule has 0 saturated heterocycles. The van der Waals surface area contributed by atoms with E-state index in [1.54, 1.807) is 0 Å². The van der Waals surface area contributed by atoms with E-state index in [0.717, 1.165) is 37.0 Å². The lowest BCUT2D eigenvalue weighted by Crippen LogP contribution is -2.01. The van der Waals surface area contributed by atoms with Crippen LogP contribution in [0, 0.1) is 0 Å². The summed E-state index contributed by atoms with van der Waals surface area (Å²) in [6.45, 7) is 11.8. The molecular weight excluding hydrogens is 236 g/mol. The molecule has 0 aliphatic rings. The summed E-state index contributed by atoms with van der Waals surface area (Å²) in [5.74, 6) is 0.575. The van der Waals surface area contributed by atoms with Crippen molar-refractivity contribution in [3.63, 3.8) is 0 Å². The predicted molar refractivity (Wildman–Crippen MR) is 81.8 cm³/mol. The summed E-state index contributed by atoms with van der Waals surface area (Å²) >= 11 is 0. The molecule has 19 heavy (non-hydrogen) atoms. The first kappa shape index (κ1) is 17.7. The zero-order valence-electron chi connectivity index (χ0n) is 13.3. The predicted octanol–water partition coefficient (Wildman–Crippen LogP) is 5.32. The fourth-order valence-electron chi connectivity index (χ4n) is 1.68. The summed E-state index contributed by atoms with van der Waals surface area (Å²) < 4.78 is 5.23. The van der Waals surface area contributed by atoms with Gasteiger partial charge in [0, 0.05) is 13.3 Å². The highest BCUT2D eigenvalue weighted by Gasteiger charge is 2.05. The first-order chi connectivity index (χ1) is 8.86. The van der Waals surface area contributed by atoms with Crippen LogP contribution in [0.1, 0.15) is 67.2 Å². The Kier molecular flexibility index (Phi) is 8.94. The van der Waals surface area contributed by atoms with E-state index in [-0.39, 0.29) is 5.97 Å². The fourth-order valence-corrected chi connectivity index (χ4v) is 1.68. The highest BCUT2D eigenvalue weighted by Crippen LogP contribution is 2.17. The van der Waals surface area contributed by atoms with Crippen molar-refractivity contribution in [1.29, 1.82) is 0 Å². The van der Waals surface area contributed by atoms with E-state index in [2.05, 4.69) is 32.9 Å². The van der Waals surface area contributed by atoms with E-state index >= 15 is 0 Å². The van der Waals surface area contributed by atoms with Gasteiger partial charge in [-0.15, -0.1) is 0 Å². The van der Waals surface area contributed by atoms with E-state index in [1.807, 2.05) is 13.8 Å². The van der Waals surface area contributed by atoms with Crippen molar-refractivity contribution in [3.05, 3.63) is 34.6 Å². The molecule has 0 aromatic rings. The number of ether oxygens (including phenoxy) is 1. The molecule has 0 N–H and O–H groups in total. The molecule has 0 aromatic heterocycles. The van der Waals surface area contributed by atoms with Crippen LogP contribution in [-0.4, -0.2) is 5.97 Å². The Hall–Kier alpha value is -1.31. The molecule has 108 valence electrons. The number of carbonyl (C=O) groups is 1. The van der Waals surface area contributed by atoms with Gasteiger partial charge in [-0.25, -0.2) is 0 Å². The van der Waals surface area contributed by atoms with Gasteiger partial charge in [0.25, 0.3) is 0 Å². The van der Waals surface area contributed by atoms with Crippen LogP contribution >= 0.6 is 0 Å². The van der Waals surface area contributed by atoms with E-state index in [4.69, 9.17) is 4.74 Å². The molecule has 0 spiro atoms. The van der Waals surface area contributed by atoms with Gasteiger partial charge in [0.05, 0.1) is 0 Å². The third-order valence-corrected chi connectivity index (χ3v) is 3.10. The molecule has 2 heteroatoms. The number of hydrogen-bond acceptors (Lipinski definition) is 2. The first-order valence-corrected chi connectivity index (χ1v) is 6.99. The quantitative estimate of drug-likeness (QED) is 0.353. The molecule has 0 heterocycles. The third-order valence-electron chi connectivity index (χ3n) is 3.10. The SMILES string of the molecule is CC=C(C)CCC=C(C)CCC(OC(C)=O)=C(C)C. The number of carbonyl (C=O) groups excluding carboxylic acids is 1. The van der Waals surface area contributed by atoms with E-state index in [0.29, 0.717) is 0 Å². The van der Waals surface area contributed by atoms with Crippen molar-refractivity contribution < 1.29 is 9.53 Å². The van der Waals surface area contributed by atoms with Crippen LogP contribution in [0.3, 0.4) is 0 Å². The van der Waals surface area contributed by atoms with Crippen LogP contribution in [0.5, 0.6) is 0 Å². The van der Waals surface area contributed by atoms with E-state index < -0.39 is 0 Å². The van der Waals surface area contributed by atoms with Gasteiger partial charge in [-0.05, 0) is 59.5 Å². The van der Waals surface area contributed by atoms with Crippen LogP contribution in [0.4, 0.5) is 0 Å². The second-order valence-corrected chi connectivity index (χ2v) is 5.24. The maximum atomic E-state index is 11.0. The van der Waals surface area contributed by atoms with Gasteiger partial charge in [0.15, 0.2) is 0 Å². The minimum absolute atomic E-state index is 0.235. The van der Waals surface area contributed by atoms with Crippen molar-refractivity contribution in [3.8, 4) is 0 Å². The molecule has 0 atom stereocenters. The molecule has 0 amide bonds. The Morgan fingerprint density at radius 2 is 1.58 bits per heavy atom. The zero-order chi connectivity index (χ0) is 14.8. The second-order valence-electron chi connectivity index (χ2n) is 5.24. The van der Waals surface area contributed by atoms with Crippen molar-refractivity contribution in [1.82, 2.24) is 0 Å². The number of esters is 1. The molecule has 0 aromatic carbocycles. The maximum absolute atomic E-state index is 11.0. The Morgan fingerprint density at radius 3 is 2.05 bits per heavy atom. The van der Waals surface area contributed by atoms with Gasteiger partial charge >= 0.3 is 5.97 Å². The van der Waals surface area contributed by atoms with Crippen molar-refractivity contribution >= 4 is 5.97 Å². The highest BCUT2D eigenvalue weighted by molar-refractivity contribution is 5.67. The lowest BCUT2D eigenvalue weighted by Gasteiger charge is -2.09. The van der Waals surface area contributed by atoms with Crippen molar-refractivity contribution in [2.45, 2.75) is 67.2 Å². The molecule has 2 nitrogen and oxygen atoms in total. The van der Waals surface area contributed by atoms with Gasteiger partial charge in [-0.1, -0.05) is 23.3 Å². The molecule has 0 fully saturated rings. The van der Waals surface area contributed by atoms with Crippen LogP contribution in [-0.2, 0) is 9.53 Å². The standard InChI is InChI=1S/C17H28O2/c1-7-14(4)9-8-10-15(5)11-12-17(13(2)3)19-16(6)18/h7,10H,8-9,11-12H2,1-6H3. The Bertz CT molecular complexity index is 380. The summed E-state index contributed by atoms with van der Waals surface area (Å²) in [6, 6.07) is 0. The van der Waals surface area contributed by atoms with Crippen LogP contribution in [0.25, 0.3) is 0 Å². The van der Waals surface area contributed by atoms with Crippen LogP contribution < -0.4 is 0 Å². The molecule has 0 rings (SSSR count). The molecular formula is C17H28O2. The van der Waals surface area contributed by atoms with Crippen molar-refractivity contribution in [2.24, 2.45) is 0 Å². The lowest BCUT2D eigenvalue weighted by atomic mass is 10.1. The minimum atomic E-state index is -0.235. The average Bonchev–Trinajstić information content (AvgIpc) is 2.33. The Balaban J connectivity index is 4.26. The monoisotopic (exact) mass is 264 g/mol. The molecule has 0 unspecified atom stereocenters. The average molecular weight is 264 g/mol. The van der Waals surface area contributed by atoms with E-state index in [1.165, 1.54) is 18.1 Å². The van der Waals surface area contributed by atoms with E-state index in [9.17, 15) is 4.79 Å². The summed E-state index contributed by atoms with van der Waals surface area (Å²) in [5.41, 5.74) is 3.86. The largest absolute Gasteiger partial charge is 0.431 e. The number of hydrogen-bond donors (Lipinski definition) is 0. The highest BCUT2D eigenvalue weighted by atomic mass is 16.5. The second kappa shape index (κ2) is 9.60. The maximum Gasteiger partial charge on any atom is 0.307 e. The molecule has 0 bridgehead atoms. The summed E-state index contributed by atoms with van der Waals surface area (Å²) in [6.07, 6.45) is 8.39. The minimum Gasteiger partial charge on any atom is -0.431 e. The third kappa shape index (κ3) is 9.29. The number of allylic oxidation sites excluding steroid dienone is 6. The number of rotatable bonds is 7. The molecule has 0 saturated carbocycles. The summed E-state index contributed by atoms with van der Waals surface area (Å²) in [7, 11) is 0. The smallest absolute Gasteiger partial charge is 0.307 e. The zero-order valence-corrected chi connectivity index (χ0v) is 13.3. The first-order valence-electron chi connectivity index (χ1n) is 6.99. The van der Waals surface area contributed by atoms with Crippen molar-refractivity contribution in [2.75, 3.05) is 0 Å². The molecule has 0 aliphatic heterocycles. The normalized spacial score (nSPS) is 12.3. The Labute approximate surface area is 118 Å². The van der Waals surface area contributed by atoms with Crippen LogP contribution in [0.2, 0.25) is 0 Å². The molecule has 0 aliphatic carbocycles. The van der Waals surface area contributed by atoms with Crippen LogP contribution in [0.15, 0.2) is 34.6 Å². The summed E-state index contributed by atoms with van der Waals surface area (Å²) in [5, 5.41) is 0. The van der Waals surface area contributed by atoms with Gasteiger partial charge < -0.3 is 4.74 Å². The lowest BCUT2D eigenvalue weighted by molar-refractivity contribution is -0.137. The summed E-state index contributed by atoms with van der Waals surface area (Å²) in [4.78, 5) is 11.0. The fraction of sp³-hybridized carbons (Fsp3) is 0.588. The van der Waals surface area contributed by atoms with Gasteiger partial charge in [0.1, 0.15) is 5.76 Å². The Morgan fingerprint density at radius 1 is 0.947 bits per heavy atom. The van der Waals surface area contributed by atoms with Gasteiger partial charge in [-0.3, -0.25) is 4.79 Å². The van der Waals surface area contributed by atoms with Gasteiger partial charge in [0.2, 0.25) is 0 Å². The van der Waals surface area contributed by atoms with Gasteiger partial charge in [-0.2, -0.15) is 0 Å².